The number of ether oxygens (including phenoxy) is 1. The maximum Gasteiger partial charge on any atom is 0.123 e. The van der Waals surface area contributed by atoms with Crippen LogP contribution in [0.2, 0.25) is 0 Å². The van der Waals surface area contributed by atoms with E-state index in [-0.39, 0.29) is 6.10 Å². The van der Waals surface area contributed by atoms with Gasteiger partial charge in [0.15, 0.2) is 0 Å². The van der Waals surface area contributed by atoms with Gasteiger partial charge in [-0.2, -0.15) is 0 Å². The van der Waals surface area contributed by atoms with Crippen molar-refractivity contribution < 1.29 is 4.74 Å². The Morgan fingerprint density at radius 1 is 1.54 bits per heavy atom. The molecule has 0 fully saturated rings. The van der Waals surface area contributed by atoms with Crippen LogP contribution in [-0.2, 0) is 6.42 Å². The van der Waals surface area contributed by atoms with Crippen molar-refractivity contribution in [1.29, 1.82) is 0 Å². The highest BCUT2D eigenvalue weighted by molar-refractivity contribution is 5.37. The van der Waals surface area contributed by atoms with Gasteiger partial charge in [0.2, 0.25) is 0 Å². The van der Waals surface area contributed by atoms with Crippen molar-refractivity contribution in [2.24, 2.45) is 5.11 Å². The molecule has 0 saturated heterocycles. The molecule has 66 valence electrons. The maximum atomic E-state index is 8.15. The molecule has 0 amide bonds. The highest BCUT2D eigenvalue weighted by Crippen LogP contribution is 2.27. The fourth-order valence-electron chi connectivity index (χ4n) is 1.48. The summed E-state index contributed by atoms with van der Waals surface area (Å²) < 4.78 is 5.54. The van der Waals surface area contributed by atoms with Crippen LogP contribution in [0.3, 0.4) is 0 Å². The van der Waals surface area contributed by atoms with Gasteiger partial charge in [-0.3, -0.25) is 0 Å². The van der Waals surface area contributed by atoms with E-state index >= 15 is 0 Å². The second-order valence-electron chi connectivity index (χ2n) is 2.97. The van der Waals surface area contributed by atoms with Crippen molar-refractivity contribution in [3.8, 4) is 5.75 Å². The average molecular weight is 175 g/mol. The Labute approximate surface area is 75.8 Å². The van der Waals surface area contributed by atoms with Gasteiger partial charge in [-0.05, 0) is 17.2 Å². The largest absolute Gasteiger partial charge is 0.490 e. The van der Waals surface area contributed by atoms with E-state index in [1.807, 2.05) is 24.3 Å². The summed E-state index contributed by atoms with van der Waals surface area (Å²) in [5.41, 5.74) is 9.34. The molecule has 1 aromatic carbocycles. The normalized spacial score (nSPS) is 18.6. The molecule has 1 aliphatic rings. The van der Waals surface area contributed by atoms with Crippen LogP contribution in [0.5, 0.6) is 5.75 Å². The summed E-state index contributed by atoms with van der Waals surface area (Å²) in [6.07, 6.45) is 0.864. The molecule has 13 heavy (non-hydrogen) atoms. The van der Waals surface area contributed by atoms with Crippen LogP contribution in [0.1, 0.15) is 5.56 Å². The van der Waals surface area contributed by atoms with Gasteiger partial charge in [0.25, 0.3) is 0 Å². The van der Waals surface area contributed by atoms with Gasteiger partial charge < -0.3 is 4.74 Å². The Hall–Kier alpha value is -1.67. The maximum absolute atomic E-state index is 8.15. The first-order valence-electron chi connectivity index (χ1n) is 4.15. The molecule has 0 saturated carbocycles. The minimum atomic E-state index is 0.0216. The molecule has 4 heteroatoms. The summed E-state index contributed by atoms with van der Waals surface area (Å²) in [6, 6.07) is 7.89. The summed E-state index contributed by atoms with van der Waals surface area (Å²) >= 11 is 0. The summed E-state index contributed by atoms with van der Waals surface area (Å²) in [7, 11) is 0. The van der Waals surface area contributed by atoms with Crippen LogP contribution >= 0.6 is 0 Å². The summed E-state index contributed by atoms with van der Waals surface area (Å²) in [6.45, 7) is 0.408. The van der Waals surface area contributed by atoms with E-state index in [2.05, 4.69) is 10.0 Å². The number of hydrogen-bond acceptors (Lipinski definition) is 2. The molecule has 0 radical (unpaired) electrons. The molecular weight excluding hydrogens is 166 g/mol. The Bertz CT molecular complexity index is 333. The third-order valence-corrected chi connectivity index (χ3v) is 2.06. The van der Waals surface area contributed by atoms with E-state index in [1.54, 1.807) is 0 Å². The first-order chi connectivity index (χ1) is 6.40. The van der Waals surface area contributed by atoms with Gasteiger partial charge in [-0.25, -0.2) is 0 Å². The number of nitrogens with zero attached hydrogens (tertiary/aromatic N) is 3. The highest BCUT2D eigenvalue weighted by atomic mass is 16.5. The highest BCUT2D eigenvalue weighted by Gasteiger charge is 2.20. The average Bonchev–Trinajstić information content (AvgIpc) is 2.57. The van der Waals surface area contributed by atoms with E-state index in [4.69, 9.17) is 10.3 Å². The number of fused-ring (bicyclic) bond motifs is 1. The van der Waals surface area contributed by atoms with E-state index in [9.17, 15) is 0 Å². The van der Waals surface area contributed by atoms with E-state index in [0.29, 0.717) is 6.54 Å². The lowest BCUT2D eigenvalue weighted by molar-refractivity contribution is 0.241. The standard InChI is InChI=1S/C9H9N3O/c10-12-11-6-8-5-7-3-1-2-4-9(7)13-8/h1-4,8H,5-6H2/t8-/m0/s1. The quantitative estimate of drug-likeness (QED) is 0.386. The number of hydrogen-bond donors (Lipinski definition) is 0. The second kappa shape index (κ2) is 3.37. The third-order valence-electron chi connectivity index (χ3n) is 2.06. The van der Waals surface area contributed by atoms with Crippen LogP contribution in [0.4, 0.5) is 0 Å². The molecule has 0 aliphatic carbocycles. The van der Waals surface area contributed by atoms with Crippen LogP contribution in [0, 0.1) is 0 Å². The fourth-order valence-corrected chi connectivity index (χ4v) is 1.48. The number of para-hydroxylation sites is 1. The van der Waals surface area contributed by atoms with Crippen LogP contribution < -0.4 is 4.74 Å². The SMILES string of the molecule is [N-]=[N+]=NC[C@@H]1Cc2ccccc2O1. The van der Waals surface area contributed by atoms with Crippen molar-refractivity contribution in [1.82, 2.24) is 0 Å². The van der Waals surface area contributed by atoms with Crippen molar-refractivity contribution in [3.05, 3.63) is 40.3 Å². The molecule has 1 aromatic rings. The molecule has 1 aliphatic heterocycles. The summed E-state index contributed by atoms with van der Waals surface area (Å²) in [5, 5.41) is 3.49. The van der Waals surface area contributed by atoms with E-state index in [1.165, 1.54) is 5.56 Å². The molecule has 0 aromatic heterocycles. The lowest BCUT2D eigenvalue weighted by Crippen LogP contribution is -2.16. The molecule has 0 spiro atoms. The van der Waals surface area contributed by atoms with Crippen LogP contribution in [0.15, 0.2) is 29.4 Å². The zero-order valence-corrected chi connectivity index (χ0v) is 7.05. The fraction of sp³-hybridized carbons (Fsp3) is 0.333. The molecule has 1 heterocycles. The predicted octanol–water partition coefficient (Wildman–Crippen LogP) is 2.30. The van der Waals surface area contributed by atoms with E-state index in [0.717, 1.165) is 12.2 Å². The Balaban J connectivity index is 2.09. The topological polar surface area (TPSA) is 58.0 Å². The molecule has 0 unspecified atom stereocenters. The monoisotopic (exact) mass is 175 g/mol. The zero-order valence-electron chi connectivity index (χ0n) is 7.05. The zero-order chi connectivity index (χ0) is 9.10. The second-order valence-corrected chi connectivity index (χ2v) is 2.97. The number of benzene rings is 1. The van der Waals surface area contributed by atoms with E-state index < -0.39 is 0 Å². The van der Waals surface area contributed by atoms with Gasteiger partial charge in [-0.1, -0.05) is 23.3 Å². The number of rotatable bonds is 2. The third kappa shape index (κ3) is 1.58. The lowest BCUT2D eigenvalue weighted by atomic mass is 10.1. The van der Waals surface area contributed by atoms with Crippen molar-refractivity contribution in [2.45, 2.75) is 12.5 Å². The first-order valence-corrected chi connectivity index (χ1v) is 4.15. The minimum Gasteiger partial charge on any atom is -0.490 e. The molecule has 0 N–H and O–H groups in total. The number of azide groups is 1. The minimum absolute atomic E-state index is 0.0216. The predicted molar refractivity (Wildman–Crippen MR) is 48.6 cm³/mol. The molecule has 1 atom stereocenters. The molecule has 0 bridgehead atoms. The summed E-state index contributed by atoms with van der Waals surface area (Å²) in [4.78, 5) is 2.71. The van der Waals surface area contributed by atoms with Gasteiger partial charge in [0, 0.05) is 11.3 Å². The van der Waals surface area contributed by atoms with Gasteiger partial charge in [-0.15, -0.1) is 0 Å². The van der Waals surface area contributed by atoms with Gasteiger partial charge >= 0.3 is 0 Å². The smallest absolute Gasteiger partial charge is 0.123 e. The molecular formula is C9H9N3O. The first kappa shape index (κ1) is 7.95. The van der Waals surface area contributed by atoms with Gasteiger partial charge in [0.05, 0.1) is 6.54 Å². The molecule has 2 rings (SSSR count). The molecule has 4 nitrogen and oxygen atoms in total. The van der Waals surface area contributed by atoms with Crippen LogP contribution in [-0.4, -0.2) is 12.6 Å². The van der Waals surface area contributed by atoms with Crippen molar-refractivity contribution in [2.75, 3.05) is 6.54 Å². The summed E-state index contributed by atoms with van der Waals surface area (Å²) in [5.74, 6) is 0.917. The van der Waals surface area contributed by atoms with Crippen molar-refractivity contribution in [3.63, 3.8) is 0 Å². The van der Waals surface area contributed by atoms with Crippen LogP contribution in [0.25, 0.3) is 10.4 Å². The Morgan fingerprint density at radius 3 is 3.15 bits per heavy atom. The Kier molecular flexibility index (Phi) is 2.06. The Morgan fingerprint density at radius 2 is 2.38 bits per heavy atom. The van der Waals surface area contributed by atoms with Crippen molar-refractivity contribution >= 4 is 0 Å². The van der Waals surface area contributed by atoms with Gasteiger partial charge in [0.1, 0.15) is 11.9 Å². The lowest BCUT2D eigenvalue weighted by Gasteiger charge is -2.05.